The maximum atomic E-state index is 4.40. The van der Waals surface area contributed by atoms with E-state index in [0.29, 0.717) is 5.41 Å². The van der Waals surface area contributed by atoms with E-state index in [-0.39, 0.29) is 0 Å². The molecule has 0 radical (unpaired) electrons. The molecule has 0 aromatic carbocycles. The van der Waals surface area contributed by atoms with Gasteiger partial charge >= 0.3 is 0 Å². The Morgan fingerprint density at radius 1 is 1.62 bits per heavy atom. The Balaban J connectivity index is 1.87. The van der Waals surface area contributed by atoms with Crippen molar-refractivity contribution in [3.63, 3.8) is 0 Å². The van der Waals surface area contributed by atoms with Crippen molar-refractivity contribution >= 4 is 6.21 Å². The molecule has 1 atom stereocenters. The number of hydrogen-bond donors (Lipinski definition) is 1. The fourth-order valence-electron chi connectivity index (χ4n) is 2.23. The number of nitrogens with one attached hydrogen (secondary N) is 1. The van der Waals surface area contributed by atoms with E-state index >= 15 is 0 Å². The van der Waals surface area contributed by atoms with Crippen LogP contribution in [0.3, 0.4) is 0 Å². The van der Waals surface area contributed by atoms with Gasteiger partial charge in [-0.2, -0.15) is 0 Å². The Labute approximate surface area is 80.2 Å². The summed E-state index contributed by atoms with van der Waals surface area (Å²) in [6.45, 7) is 8.01. The molecule has 13 heavy (non-hydrogen) atoms. The van der Waals surface area contributed by atoms with Crippen molar-refractivity contribution in [1.82, 2.24) is 10.2 Å². The highest BCUT2D eigenvalue weighted by molar-refractivity contribution is 5.58. The summed E-state index contributed by atoms with van der Waals surface area (Å²) in [6, 6.07) is 0. The average molecular weight is 181 g/mol. The molecule has 0 aromatic rings. The molecule has 0 bridgehead atoms. The predicted molar refractivity (Wildman–Crippen MR) is 55.1 cm³/mol. The summed E-state index contributed by atoms with van der Waals surface area (Å²) in [7, 11) is 0. The lowest BCUT2D eigenvalue weighted by Gasteiger charge is -2.33. The Morgan fingerprint density at radius 3 is 3.15 bits per heavy atom. The van der Waals surface area contributed by atoms with Crippen LogP contribution in [-0.2, 0) is 0 Å². The zero-order valence-corrected chi connectivity index (χ0v) is 8.42. The maximum absolute atomic E-state index is 4.40. The highest BCUT2D eigenvalue weighted by Gasteiger charge is 2.28. The van der Waals surface area contributed by atoms with Gasteiger partial charge in [-0.1, -0.05) is 6.92 Å². The second-order valence-corrected chi connectivity index (χ2v) is 4.58. The molecule has 2 aliphatic heterocycles. The minimum atomic E-state index is 0.431. The minimum absolute atomic E-state index is 0.431. The van der Waals surface area contributed by atoms with Gasteiger partial charge in [0, 0.05) is 38.3 Å². The lowest BCUT2D eigenvalue weighted by atomic mass is 9.83. The molecule has 0 saturated carbocycles. The molecule has 3 heteroatoms. The van der Waals surface area contributed by atoms with E-state index in [2.05, 4.69) is 28.3 Å². The molecule has 0 amide bonds. The summed E-state index contributed by atoms with van der Waals surface area (Å²) < 4.78 is 0. The van der Waals surface area contributed by atoms with Crippen molar-refractivity contribution in [2.24, 2.45) is 10.4 Å². The molecule has 2 aliphatic rings. The molecule has 1 N–H and O–H groups in total. The largest absolute Gasteiger partial charge is 0.303 e. The average Bonchev–Trinajstić information content (AvgIpc) is 2.57. The standard InChI is InChI=1S/C10H19N3/c1-10(3-2-4-11-7-10)8-13-6-5-12-9-13/h4,12H,2-3,5-9H2,1H3. The highest BCUT2D eigenvalue weighted by atomic mass is 15.3. The van der Waals surface area contributed by atoms with Crippen molar-refractivity contribution in [2.45, 2.75) is 19.8 Å². The number of hydrogen-bond acceptors (Lipinski definition) is 3. The van der Waals surface area contributed by atoms with Crippen LogP contribution in [-0.4, -0.2) is 44.0 Å². The monoisotopic (exact) mass is 181 g/mol. The topological polar surface area (TPSA) is 27.6 Å². The van der Waals surface area contributed by atoms with E-state index in [4.69, 9.17) is 0 Å². The molecule has 3 nitrogen and oxygen atoms in total. The number of aliphatic imine (C=N–C) groups is 1. The van der Waals surface area contributed by atoms with Crippen LogP contribution in [0, 0.1) is 5.41 Å². The zero-order valence-electron chi connectivity index (χ0n) is 8.42. The Morgan fingerprint density at radius 2 is 2.54 bits per heavy atom. The summed E-state index contributed by atoms with van der Waals surface area (Å²) in [5, 5.41) is 3.37. The maximum Gasteiger partial charge on any atom is 0.0481 e. The third kappa shape index (κ3) is 2.29. The first kappa shape index (κ1) is 9.16. The lowest BCUT2D eigenvalue weighted by molar-refractivity contribution is 0.183. The van der Waals surface area contributed by atoms with Crippen LogP contribution in [0.1, 0.15) is 19.8 Å². The smallest absolute Gasteiger partial charge is 0.0481 e. The molecule has 0 spiro atoms. The molecular formula is C10H19N3. The van der Waals surface area contributed by atoms with Crippen LogP contribution in [0.4, 0.5) is 0 Å². The first-order valence-corrected chi connectivity index (χ1v) is 5.20. The van der Waals surface area contributed by atoms with E-state index in [1.807, 2.05) is 0 Å². The van der Waals surface area contributed by atoms with E-state index in [1.165, 1.54) is 19.5 Å². The summed E-state index contributed by atoms with van der Waals surface area (Å²) in [6.07, 6.45) is 4.54. The summed E-state index contributed by atoms with van der Waals surface area (Å²) in [5.74, 6) is 0. The summed E-state index contributed by atoms with van der Waals surface area (Å²) in [4.78, 5) is 6.90. The number of nitrogens with zero attached hydrogens (tertiary/aromatic N) is 2. The predicted octanol–water partition coefficient (Wildman–Crippen LogP) is 0.720. The van der Waals surface area contributed by atoms with Crippen molar-refractivity contribution in [1.29, 1.82) is 0 Å². The van der Waals surface area contributed by atoms with Gasteiger partial charge in [-0.25, -0.2) is 0 Å². The van der Waals surface area contributed by atoms with Gasteiger partial charge < -0.3 is 5.32 Å². The van der Waals surface area contributed by atoms with E-state index in [9.17, 15) is 0 Å². The van der Waals surface area contributed by atoms with Crippen LogP contribution in [0.2, 0.25) is 0 Å². The minimum Gasteiger partial charge on any atom is -0.303 e. The molecule has 2 heterocycles. The molecular weight excluding hydrogens is 162 g/mol. The quantitative estimate of drug-likeness (QED) is 0.680. The number of rotatable bonds is 2. The van der Waals surface area contributed by atoms with Gasteiger partial charge in [0.25, 0.3) is 0 Å². The van der Waals surface area contributed by atoms with Gasteiger partial charge in [-0.05, 0) is 19.1 Å². The third-order valence-corrected chi connectivity index (χ3v) is 3.02. The van der Waals surface area contributed by atoms with Crippen molar-refractivity contribution in [2.75, 3.05) is 32.8 Å². The van der Waals surface area contributed by atoms with Crippen molar-refractivity contribution in [3.05, 3.63) is 0 Å². The fourth-order valence-corrected chi connectivity index (χ4v) is 2.23. The molecule has 1 unspecified atom stereocenters. The van der Waals surface area contributed by atoms with Crippen molar-refractivity contribution < 1.29 is 0 Å². The normalized spacial score (nSPS) is 35.5. The van der Waals surface area contributed by atoms with E-state index < -0.39 is 0 Å². The van der Waals surface area contributed by atoms with Gasteiger partial charge in [0.05, 0.1) is 0 Å². The van der Waals surface area contributed by atoms with Gasteiger partial charge in [0.2, 0.25) is 0 Å². The third-order valence-electron chi connectivity index (χ3n) is 3.02. The molecule has 0 aliphatic carbocycles. The van der Waals surface area contributed by atoms with Gasteiger partial charge in [-0.15, -0.1) is 0 Å². The van der Waals surface area contributed by atoms with Gasteiger partial charge in [0.1, 0.15) is 0 Å². The zero-order chi connectivity index (χ0) is 9.15. The first-order valence-electron chi connectivity index (χ1n) is 5.20. The van der Waals surface area contributed by atoms with Crippen LogP contribution in [0.15, 0.2) is 4.99 Å². The van der Waals surface area contributed by atoms with E-state index in [1.54, 1.807) is 0 Å². The SMILES string of the molecule is CC1(CN2CCNC2)CCC=NC1. The second-order valence-electron chi connectivity index (χ2n) is 4.58. The van der Waals surface area contributed by atoms with Crippen molar-refractivity contribution in [3.8, 4) is 0 Å². The molecule has 2 rings (SSSR count). The summed E-state index contributed by atoms with van der Waals surface area (Å²) >= 11 is 0. The molecule has 0 aromatic heterocycles. The van der Waals surface area contributed by atoms with Crippen LogP contribution in [0.25, 0.3) is 0 Å². The van der Waals surface area contributed by atoms with Crippen LogP contribution in [0.5, 0.6) is 0 Å². The lowest BCUT2D eigenvalue weighted by Crippen LogP contribution is -2.38. The van der Waals surface area contributed by atoms with Gasteiger partial charge in [0.15, 0.2) is 0 Å². The highest BCUT2D eigenvalue weighted by Crippen LogP contribution is 2.27. The van der Waals surface area contributed by atoms with E-state index in [0.717, 1.165) is 26.2 Å². The van der Waals surface area contributed by atoms with Crippen LogP contribution >= 0.6 is 0 Å². The fraction of sp³-hybridized carbons (Fsp3) is 0.900. The molecule has 74 valence electrons. The molecule has 1 saturated heterocycles. The van der Waals surface area contributed by atoms with Crippen LogP contribution < -0.4 is 5.32 Å². The Bertz CT molecular complexity index is 196. The first-order chi connectivity index (χ1) is 6.29. The second kappa shape index (κ2) is 3.76. The molecule has 1 fully saturated rings. The Kier molecular flexibility index (Phi) is 2.65. The van der Waals surface area contributed by atoms with Gasteiger partial charge in [-0.3, -0.25) is 9.89 Å². The Hall–Kier alpha value is -0.410. The summed E-state index contributed by atoms with van der Waals surface area (Å²) in [5.41, 5.74) is 0.431.